The third kappa shape index (κ3) is 1.05. The lowest BCUT2D eigenvalue weighted by Gasteiger charge is -2.05. The number of nitrogens with zero attached hydrogens (tertiary/aromatic N) is 3. The van der Waals surface area contributed by atoms with Crippen LogP contribution >= 0.6 is 0 Å². The van der Waals surface area contributed by atoms with Crippen LogP contribution in [0.1, 0.15) is 25.7 Å². The average Bonchev–Trinajstić information content (AvgIpc) is 2.33. The molecule has 0 fully saturated rings. The van der Waals surface area contributed by atoms with Gasteiger partial charge in [-0.05, 0) is 13.8 Å². The number of rotatable bonds is 2. The quantitative estimate of drug-likeness (QED) is 0.616. The molecule has 10 heavy (non-hydrogen) atoms. The van der Waals surface area contributed by atoms with Crippen LogP contribution in [0.3, 0.4) is 0 Å². The lowest BCUT2D eigenvalue weighted by atomic mass is 10.4. The third-order valence-electron chi connectivity index (χ3n) is 1.29. The molecule has 0 aliphatic carbocycles. The van der Waals surface area contributed by atoms with Gasteiger partial charge in [0.1, 0.15) is 6.33 Å². The predicted molar refractivity (Wildman–Crippen MR) is 38.3 cm³/mol. The summed E-state index contributed by atoms with van der Waals surface area (Å²) in [5, 5.41) is 14.3. The molecule has 1 rings (SSSR count). The second-order valence-corrected chi connectivity index (χ2v) is 2.33. The SMILES string of the molecule is CC(C)n1cnnc1C=N. The molecule has 0 aliphatic heterocycles. The summed E-state index contributed by atoms with van der Waals surface area (Å²) in [4.78, 5) is 0. The lowest BCUT2D eigenvalue weighted by molar-refractivity contribution is 0.594. The van der Waals surface area contributed by atoms with Crippen molar-refractivity contribution >= 4 is 6.21 Å². The normalized spacial score (nSPS) is 10.3. The summed E-state index contributed by atoms with van der Waals surface area (Å²) < 4.78 is 1.84. The van der Waals surface area contributed by atoms with E-state index in [1.165, 1.54) is 6.21 Å². The van der Waals surface area contributed by atoms with Crippen LogP contribution < -0.4 is 0 Å². The first-order valence-electron chi connectivity index (χ1n) is 3.15. The molecule has 4 nitrogen and oxygen atoms in total. The Morgan fingerprint density at radius 2 is 2.40 bits per heavy atom. The van der Waals surface area contributed by atoms with Gasteiger partial charge in [0.05, 0.1) is 6.21 Å². The van der Waals surface area contributed by atoms with E-state index in [4.69, 9.17) is 5.41 Å². The molecule has 0 amide bonds. The monoisotopic (exact) mass is 138 g/mol. The molecule has 1 N–H and O–H groups in total. The Bertz CT molecular complexity index is 225. The highest BCUT2D eigenvalue weighted by molar-refractivity contribution is 5.71. The summed E-state index contributed by atoms with van der Waals surface area (Å²) in [6.07, 6.45) is 2.83. The van der Waals surface area contributed by atoms with E-state index in [0.29, 0.717) is 11.9 Å². The summed E-state index contributed by atoms with van der Waals surface area (Å²) in [6.45, 7) is 4.05. The van der Waals surface area contributed by atoms with Crippen molar-refractivity contribution in [1.29, 1.82) is 5.41 Å². The minimum absolute atomic E-state index is 0.326. The van der Waals surface area contributed by atoms with Crippen LogP contribution in [0.5, 0.6) is 0 Å². The molecule has 0 unspecified atom stereocenters. The summed E-state index contributed by atoms with van der Waals surface area (Å²) in [5.74, 6) is 0.606. The van der Waals surface area contributed by atoms with Crippen LogP contribution in [-0.2, 0) is 0 Å². The molecular weight excluding hydrogens is 128 g/mol. The van der Waals surface area contributed by atoms with Crippen molar-refractivity contribution in [2.24, 2.45) is 0 Å². The highest BCUT2D eigenvalue weighted by atomic mass is 15.3. The second-order valence-electron chi connectivity index (χ2n) is 2.33. The number of hydrogen-bond donors (Lipinski definition) is 1. The van der Waals surface area contributed by atoms with Crippen LogP contribution in [0.15, 0.2) is 6.33 Å². The van der Waals surface area contributed by atoms with E-state index in [0.717, 1.165) is 0 Å². The van der Waals surface area contributed by atoms with Crippen LogP contribution in [0, 0.1) is 5.41 Å². The van der Waals surface area contributed by atoms with Crippen molar-refractivity contribution < 1.29 is 0 Å². The molecule has 4 heteroatoms. The molecule has 0 aromatic carbocycles. The molecule has 1 heterocycles. The van der Waals surface area contributed by atoms with Crippen molar-refractivity contribution in [3.05, 3.63) is 12.2 Å². The van der Waals surface area contributed by atoms with E-state index < -0.39 is 0 Å². The Hall–Kier alpha value is -1.19. The molecule has 0 spiro atoms. The van der Waals surface area contributed by atoms with Crippen molar-refractivity contribution in [2.75, 3.05) is 0 Å². The fraction of sp³-hybridized carbons (Fsp3) is 0.500. The van der Waals surface area contributed by atoms with Crippen LogP contribution in [-0.4, -0.2) is 21.0 Å². The van der Waals surface area contributed by atoms with E-state index in [1.54, 1.807) is 6.33 Å². The first-order valence-corrected chi connectivity index (χ1v) is 3.15. The smallest absolute Gasteiger partial charge is 0.174 e. The largest absolute Gasteiger partial charge is 0.310 e. The number of nitrogens with one attached hydrogen (secondary N) is 1. The van der Waals surface area contributed by atoms with Crippen molar-refractivity contribution in [2.45, 2.75) is 19.9 Å². The Morgan fingerprint density at radius 1 is 1.70 bits per heavy atom. The van der Waals surface area contributed by atoms with Gasteiger partial charge in [0.2, 0.25) is 0 Å². The lowest BCUT2D eigenvalue weighted by Crippen LogP contribution is -2.03. The Labute approximate surface area is 59.4 Å². The molecule has 1 aromatic rings. The fourth-order valence-corrected chi connectivity index (χ4v) is 0.753. The Kier molecular flexibility index (Phi) is 1.80. The van der Waals surface area contributed by atoms with Gasteiger partial charge in [-0.25, -0.2) is 0 Å². The molecule has 0 atom stereocenters. The van der Waals surface area contributed by atoms with Gasteiger partial charge in [-0.1, -0.05) is 0 Å². The van der Waals surface area contributed by atoms with Crippen LogP contribution in [0.25, 0.3) is 0 Å². The topological polar surface area (TPSA) is 54.6 Å². The molecular formula is C6H10N4. The summed E-state index contributed by atoms with van der Waals surface area (Å²) in [6, 6.07) is 0.326. The standard InChI is InChI=1S/C6H10N4/c1-5(2)10-4-8-9-6(10)3-7/h3-5,7H,1-2H3. The van der Waals surface area contributed by atoms with E-state index in [-0.39, 0.29) is 0 Å². The van der Waals surface area contributed by atoms with Crippen molar-refractivity contribution in [3.63, 3.8) is 0 Å². The molecule has 0 saturated heterocycles. The van der Waals surface area contributed by atoms with Crippen LogP contribution in [0.4, 0.5) is 0 Å². The average molecular weight is 138 g/mol. The Morgan fingerprint density at radius 3 is 2.80 bits per heavy atom. The number of hydrogen-bond acceptors (Lipinski definition) is 3. The van der Waals surface area contributed by atoms with E-state index in [1.807, 2.05) is 18.4 Å². The van der Waals surface area contributed by atoms with Gasteiger partial charge in [-0.3, -0.25) is 0 Å². The van der Waals surface area contributed by atoms with Crippen molar-refractivity contribution in [3.8, 4) is 0 Å². The van der Waals surface area contributed by atoms with Gasteiger partial charge >= 0.3 is 0 Å². The van der Waals surface area contributed by atoms with Gasteiger partial charge in [-0.15, -0.1) is 10.2 Å². The van der Waals surface area contributed by atoms with E-state index in [9.17, 15) is 0 Å². The minimum atomic E-state index is 0.326. The predicted octanol–water partition coefficient (Wildman–Crippen LogP) is 0.857. The third-order valence-corrected chi connectivity index (χ3v) is 1.29. The van der Waals surface area contributed by atoms with Gasteiger partial charge < -0.3 is 9.98 Å². The maximum absolute atomic E-state index is 6.95. The molecule has 0 saturated carbocycles. The maximum atomic E-state index is 6.95. The second kappa shape index (κ2) is 2.60. The van der Waals surface area contributed by atoms with E-state index in [2.05, 4.69) is 10.2 Å². The summed E-state index contributed by atoms with van der Waals surface area (Å²) in [7, 11) is 0. The molecule has 0 aliphatic rings. The maximum Gasteiger partial charge on any atom is 0.174 e. The van der Waals surface area contributed by atoms with Gasteiger partial charge in [0.25, 0.3) is 0 Å². The first-order chi connectivity index (χ1) is 4.75. The zero-order valence-corrected chi connectivity index (χ0v) is 6.07. The van der Waals surface area contributed by atoms with Gasteiger partial charge in [0, 0.05) is 6.04 Å². The minimum Gasteiger partial charge on any atom is -0.310 e. The highest BCUT2D eigenvalue weighted by Crippen LogP contribution is 2.03. The zero-order chi connectivity index (χ0) is 7.56. The highest BCUT2D eigenvalue weighted by Gasteiger charge is 2.02. The summed E-state index contributed by atoms with van der Waals surface area (Å²) >= 11 is 0. The van der Waals surface area contributed by atoms with Crippen molar-refractivity contribution in [1.82, 2.24) is 14.8 Å². The molecule has 54 valence electrons. The van der Waals surface area contributed by atoms with Gasteiger partial charge in [0.15, 0.2) is 5.82 Å². The molecule has 0 bridgehead atoms. The molecule has 1 aromatic heterocycles. The van der Waals surface area contributed by atoms with Gasteiger partial charge in [-0.2, -0.15) is 0 Å². The fourth-order valence-electron chi connectivity index (χ4n) is 0.753. The zero-order valence-electron chi connectivity index (χ0n) is 6.07. The van der Waals surface area contributed by atoms with E-state index >= 15 is 0 Å². The number of aromatic nitrogens is 3. The Balaban J connectivity index is 3.01. The van der Waals surface area contributed by atoms with Crippen LogP contribution in [0.2, 0.25) is 0 Å². The molecule has 0 radical (unpaired) electrons. The first kappa shape index (κ1) is 6.92. The summed E-state index contributed by atoms with van der Waals surface area (Å²) in [5.41, 5.74) is 0.